The monoisotopic (exact) mass is 414 g/mol. The summed E-state index contributed by atoms with van der Waals surface area (Å²) < 4.78 is 31.8. The quantitative estimate of drug-likeness (QED) is 0.785. The van der Waals surface area contributed by atoms with E-state index < -0.39 is 10.0 Å². The molecular weight excluding hydrogens is 388 g/mol. The number of hydrogen-bond acceptors (Lipinski definition) is 4. The molecule has 4 rings (SSSR count). The van der Waals surface area contributed by atoms with Crippen molar-refractivity contribution >= 4 is 21.6 Å². The van der Waals surface area contributed by atoms with E-state index in [1.807, 2.05) is 24.3 Å². The van der Waals surface area contributed by atoms with Crippen molar-refractivity contribution in [3.05, 3.63) is 59.7 Å². The van der Waals surface area contributed by atoms with Gasteiger partial charge in [0.2, 0.25) is 10.0 Å². The van der Waals surface area contributed by atoms with E-state index in [4.69, 9.17) is 4.74 Å². The molecule has 0 atom stereocenters. The summed E-state index contributed by atoms with van der Waals surface area (Å²) in [6.45, 7) is 0.813. The van der Waals surface area contributed by atoms with Crippen LogP contribution in [0.15, 0.2) is 48.5 Å². The van der Waals surface area contributed by atoms with Crippen molar-refractivity contribution in [2.45, 2.75) is 44.8 Å². The lowest BCUT2D eigenvalue weighted by Gasteiger charge is -2.18. The highest BCUT2D eigenvalue weighted by Crippen LogP contribution is 2.27. The summed E-state index contributed by atoms with van der Waals surface area (Å²) in [5.41, 5.74) is 1.92. The zero-order valence-corrected chi connectivity index (χ0v) is 17.2. The number of anilines is 1. The van der Waals surface area contributed by atoms with E-state index in [0.717, 1.165) is 24.2 Å². The average molecular weight is 415 g/mol. The van der Waals surface area contributed by atoms with Crippen LogP contribution >= 0.6 is 0 Å². The van der Waals surface area contributed by atoms with Crippen molar-refractivity contribution in [2.24, 2.45) is 0 Å². The standard InChI is InChI=1S/C22H26N2O4S/c25-22(17-8-5-9-19(15-17)24-13-6-14-29(24,26)27)23-16-18-7-1-4-12-21(18)28-20-10-2-3-11-20/h1,4-5,7-9,12,15,20H,2-3,6,10-11,13-14,16H2,(H,23,25). The van der Waals surface area contributed by atoms with E-state index in [-0.39, 0.29) is 17.8 Å². The van der Waals surface area contributed by atoms with Crippen LogP contribution in [0.2, 0.25) is 0 Å². The summed E-state index contributed by atoms with van der Waals surface area (Å²) in [7, 11) is -3.27. The van der Waals surface area contributed by atoms with Crippen LogP contribution in [-0.4, -0.2) is 32.7 Å². The molecule has 7 heteroatoms. The summed E-state index contributed by atoms with van der Waals surface area (Å²) in [5, 5.41) is 2.93. The lowest BCUT2D eigenvalue weighted by molar-refractivity contribution is 0.0950. The maximum Gasteiger partial charge on any atom is 0.251 e. The summed E-state index contributed by atoms with van der Waals surface area (Å²) >= 11 is 0. The second kappa shape index (κ2) is 8.45. The van der Waals surface area contributed by atoms with Crippen molar-refractivity contribution in [1.82, 2.24) is 5.32 Å². The third-order valence-electron chi connectivity index (χ3n) is 5.50. The van der Waals surface area contributed by atoms with E-state index in [0.29, 0.717) is 30.8 Å². The first-order chi connectivity index (χ1) is 14.0. The highest BCUT2D eigenvalue weighted by Gasteiger charge is 2.28. The first-order valence-corrected chi connectivity index (χ1v) is 11.8. The van der Waals surface area contributed by atoms with Gasteiger partial charge >= 0.3 is 0 Å². The predicted molar refractivity (Wildman–Crippen MR) is 113 cm³/mol. The topological polar surface area (TPSA) is 75.7 Å². The van der Waals surface area contributed by atoms with Crippen molar-refractivity contribution in [2.75, 3.05) is 16.6 Å². The third kappa shape index (κ3) is 4.56. The molecule has 2 aromatic rings. The minimum atomic E-state index is -3.27. The lowest BCUT2D eigenvalue weighted by atomic mass is 10.1. The van der Waals surface area contributed by atoms with Crippen LogP contribution in [0, 0.1) is 0 Å². The lowest BCUT2D eigenvalue weighted by Crippen LogP contribution is -2.26. The van der Waals surface area contributed by atoms with Gasteiger partial charge in [-0.05, 0) is 56.4 Å². The maximum atomic E-state index is 12.7. The molecule has 2 aromatic carbocycles. The van der Waals surface area contributed by atoms with Gasteiger partial charge in [-0.1, -0.05) is 24.3 Å². The molecule has 2 fully saturated rings. The van der Waals surface area contributed by atoms with Gasteiger partial charge < -0.3 is 10.1 Å². The minimum absolute atomic E-state index is 0.154. The van der Waals surface area contributed by atoms with Crippen molar-refractivity contribution in [1.29, 1.82) is 0 Å². The smallest absolute Gasteiger partial charge is 0.251 e. The largest absolute Gasteiger partial charge is 0.490 e. The Bertz CT molecular complexity index is 984. The van der Waals surface area contributed by atoms with Crippen molar-refractivity contribution < 1.29 is 17.9 Å². The fourth-order valence-electron chi connectivity index (χ4n) is 3.96. The molecule has 1 N–H and O–H groups in total. The van der Waals surface area contributed by atoms with Crippen molar-refractivity contribution in [3.63, 3.8) is 0 Å². The van der Waals surface area contributed by atoms with Crippen LogP contribution in [-0.2, 0) is 16.6 Å². The number of benzene rings is 2. The Hall–Kier alpha value is -2.54. The number of hydrogen-bond donors (Lipinski definition) is 1. The molecule has 1 amide bonds. The van der Waals surface area contributed by atoms with Gasteiger partial charge in [0.05, 0.1) is 17.5 Å². The molecule has 1 heterocycles. The molecule has 1 saturated carbocycles. The fraction of sp³-hybridized carbons (Fsp3) is 0.409. The van der Waals surface area contributed by atoms with E-state index >= 15 is 0 Å². The molecule has 1 saturated heterocycles. The van der Waals surface area contributed by atoms with Crippen LogP contribution in [0.25, 0.3) is 0 Å². The predicted octanol–water partition coefficient (Wildman–Crippen LogP) is 3.48. The molecule has 0 bridgehead atoms. The van der Waals surface area contributed by atoms with Gasteiger partial charge in [-0.25, -0.2) is 8.42 Å². The number of carbonyl (C=O) groups excluding carboxylic acids is 1. The highest BCUT2D eigenvalue weighted by molar-refractivity contribution is 7.93. The van der Waals surface area contributed by atoms with Gasteiger partial charge in [-0.2, -0.15) is 0 Å². The van der Waals surface area contributed by atoms with Gasteiger partial charge in [-0.3, -0.25) is 9.10 Å². The Morgan fingerprint density at radius 1 is 1.07 bits per heavy atom. The SMILES string of the molecule is O=C(NCc1ccccc1OC1CCCC1)c1cccc(N2CCCS2(=O)=O)c1. The first-order valence-electron chi connectivity index (χ1n) is 10.2. The van der Waals surface area contributed by atoms with Crippen LogP contribution in [0.4, 0.5) is 5.69 Å². The number of ether oxygens (including phenoxy) is 1. The minimum Gasteiger partial charge on any atom is -0.490 e. The van der Waals surface area contributed by atoms with Crippen LogP contribution in [0.5, 0.6) is 5.75 Å². The fourth-order valence-corrected chi connectivity index (χ4v) is 5.52. The molecule has 0 aromatic heterocycles. The second-order valence-electron chi connectivity index (χ2n) is 7.61. The van der Waals surface area contributed by atoms with E-state index in [1.54, 1.807) is 24.3 Å². The molecule has 1 aliphatic heterocycles. The summed E-state index contributed by atoms with van der Waals surface area (Å²) in [4.78, 5) is 12.7. The molecule has 0 radical (unpaired) electrons. The van der Waals surface area contributed by atoms with Crippen LogP contribution in [0.3, 0.4) is 0 Å². The number of carbonyl (C=O) groups is 1. The second-order valence-corrected chi connectivity index (χ2v) is 9.62. The number of amides is 1. The van der Waals surface area contributed by atoms with E-state index in [2.05, 4.69) is 5.32 Å². The van der Waals surface area contributed by atoms with E-state index in [1.165, 1.54) is 17.1 Å². The molecular formula is C22H26N2O4S. The Labute approximate surface area is 171 Å². The molecule has 154 valence electrons. The van der Waals surface area contributed by atoms with E-state index in [9.17, 15) is 13.2 Å². The van der Waals surface area contributed by atoms with Gasteiger partial charge in [0.15, 0.2) is 0 Å². The maximum absolute atomic E-state index is 12.7. The Morgan fingerprint density at radius 3 is 2.62 bits per heavy atom. The molecule has 1 aliphatic carbocycles. The Morgan fingerprint density at radius 2 is 1.86 bits per heavy atom. The molecule has 0 spiro atoms. The number of nitrogens with one attached hydrogen (secondary N) is 1. The summed E-state index contributed by atoms with van der Waals surface area (Å²) in [5.74, 6) is 0.733. The first kappa shape index (κ1) is 19.8. The van der Waals surface area contributed by atoms with Crippen molar-refractivity contribution in [3.8, 4) is 5.75 Å². The average Bonchev–Trinajstić information content (AvgIpc) is 3.36. The third-order valence-corrected chi connectivity index (χ3v) is 7.37. The molecule has 29 heavy (non-hydrogen) atoms. The van der Waals surface area contributed by atoms with Gasteiger partial charge in [0.25, 0.3) is 5.91 Å². The number of sulfonamides is 1. The highest BCUT2D eigenvalue weighted by atomic mass is 32.2. The van der Waals surface area contributed by atoms with Gasteiger partial charge in [0, 0.05) is 24.2 Å². The number of rotatable bonds is 6. The Kier molecular flexibility index (Phi) is 5.76. The number of nitrogens with zero attached hydrogens (tertiary/aromatic N) is 1. The Balaban J connectivity index is 1.44. The zero-order valence-electron chi connectivity index (χ0n) is 16.3. The molecule has 6 nitrogen and oxygen atoms in total. The number of para-hydroxylation sites is 1. The zero-order chi connectivity index (χ0) is 20.3. The normalized spacial score (nSPS) is 18.7. The molecule has 0 unspecified atom stereocenters. The van der Waals surface area contributed by atoms with Crippen LogP contribution < -0.4 is 14.4 Å². The van der Waals surface area contributed by atoms with Gasteiger partial charge in [-0.15, -0.1) is 0 Å². The summed E-state index contributed by atoms with van der Waals surface area (Å²) in [6.07, 6.45) is 5.42. The molecule has 2 aliphatic rings. The summed E-state index contributed by atoms with van der Waals surface area (Å²) in [6, 6.07) is 14.6. The van der Waals surface area contributed by atoms with Gasteiger partial charge in [0.1, 0.15) is 5.75 Å². The van der Waals surface area contributed by atoms with Crippen LogP contribution in [0.1, 0.15) is 48.0 Å².